The number of amides is 1. The first-order valence-electron chi connectivity index (χ1n) is 7.12. The first-order chi connectivity index (χ1) is 9.99. The van der Waals surface area contributed by atoms with E-state index in [0.717, 1.165) is 38.3 Å². The van der Waals surface area contributed by atoms with Gasteiger partial charge in [0.2, 0.25) is 5.91 Å². The quantitative estimate of drug-likeness (QED) is 0.883. The maximum atomic E-state index is 13.3. The SMILES string of the molecule is CC(c1ccc(F)c(F)c1)N(C)C(=O)CN1CCNCC1.Cl.Cl. The molecular weight excluding hydrogens is 347 g/mol. The van der Waals surface area contributed by atoms with Gasteiger partial charge in [-0.3, -0.25) is 9.69 Å². The van der Waals surface area contributed by atoms with E-state index < -0.39 is 11.6 Å². The number of nitrogens with one attached hydrogen (secondary N) is 1. The predicted octanol–water partition coefficient (Wildman–Crippen LogP) is 2.23. The van der Waals surface area contributed by atoms with Crippen molar-refractivity contribution < 1.29 is 13.6 Å². The molecule has 1 unspecified atom stereocenters. The van der Waals surface area contributed by atoms with Gasteiger partial charge in [-0.15, -0.1) is 24.8 Å². The average Bonchev–Trinajstić information content (AvgIpc) is 2.49. The van der Waals surface area contributed by atoms with Crippen LogP contribution in [0.25, 0.3) is 0 Å². The fourth-order valence-corrected chi connectivity index (χ4v) is 2.38. The molecular formula is C15H23Cl2F2N3O. The predicted molar refractivity (Wildman–Crippen MR) is 91.3 cm³/mol. The van der Waals surface area contributed by atoms with Crippen molar-refractivity contribution in [1.29, 1.82) is 0 Å². The van der Waals surface area contributed by atoms with Crippen molar-refractivity contribution in [1.82, 2.24) is 15.1 Å². The Bertz CT molecular complexity index is 513. The van der Waals surface area contributed by atoms with Crippen LogP contribution in [0.2, 0.25) is 0 Å². The molecule has 1 aromatic carbocycles. The second kappa shape index (κ2) is 10.0. The van der Waals surface area contributed by atoms with Gasteiger partial charge in [0.25, 0.3) is 0 Å². The summed E-state index contributed by atoms with van der Waals surface area (Å²) in [5, 5.41) is 3.23. The number of benzene rings is 1. The standard InChI is InChI=1S/C15H21F2N3O.2ClH/c1-11(12-3-4-13(16)14(17)9-12)19(2)15(21)10-20-7-5-18-6-8-20;;/h3-4,9,11,18H,5-8,10H2,1-2H3;2*1H. The van der Waals surface area contributed by atoms with Gasteiger partial charge in [-0.2, -0.15) is 0 Å². The van der Waals surface area contributed by atoms with Gasteiger partial charge in [0.15, 0.2) is 11.6 Å². The van der Waals surface area contributed by atoms with Gasteiger partial charge in [0, 0.05) is 33.2 Å². The molecule has 132 valence electrons. The molecule has 2 rings (SSSR count). The lowest BCUT2D eigenvalue weighted by Gasteiger charge is -2.31. The van der Waals surface area contributed by atoms with Crippen LogP contribution in [0.15, 0.2) is 18.2 Å². The highest BCUT2D eigenvalue weighted by atomic mass is 35.5. The van der Waals surface area contributed by atoms with Crippen LogP contribution in [-0.2, 0) is 4.79 Å². The maximum absolute atomic E-state index is 13.3. The monoisotopic (exact) mass is 369 g/mol. The Kier molecular flexibility index (Phi) is 9.61. The normalized spacial score (nSPS) is 16.0. The van der Waals surface area contributed by atoms with Crippen LogP contribution in [-0.4, -0.2) is 55.5 Å². The molecule has 0 bridgehead atoms. The topological polar surface area (TPSA) is 35.6 Å². The fourth-order valence-electron chi connectivity index (χ4n) is 2.38. The minimum atomic E-state index is -0.887. The van der Waals surface area contributed by atoms with Crippen molar-refractivity contribution in [3.63, 3.8) is 0 Å². The third kappa shape index (κ3) is 5.88. The van der Waals surface area contributed by atoms with Crippen molar-refractivity contribution in [3.8, 4) is 0 Å². The second-order valence-electron chi connectivity index (χ2n) is 5.38. The van der Waals surface area contributed by atoms with E-state index in [4.69, 9.17) is 0 Å². The number of rotatable bonds is 4. The number of halogens is 4. The van der Waals surface area contributed by atoms with Crippen molar-refractivity contribution in [3.05, 3.63) is 35.4 Å². The smallest absolute Gasteiger partial charge is 0.236 e. The molecule has 0 saturated carbocycles. The minimum Gasteiger partial charge on any atom is -0.338 e. The molecule has 1 amide bonds. The Morgan fingerprint density at radius 3 is 2.43 bits per heavy atom. The van der Waals surface area contributed by atoms with E-state index in [1.165, 1.54) is 6.07 Å². The van der Waals surface area contributed by atoms with E-state index in [-0.39, 0.29) is 36.8 Å². The molecule has 0 spiro atoms. The van der Waals surface area contributed by atoms with E-state index >= 15 is 0 Å². The lowest BCUT2D eigenvalue weighted by Crippen LogP contribution is -2.48. The fraction of sp³-hybridized carbons (Fsp3) is 0.533. The summed E-state index contributed by atoms with van der Waals surface area (Å²) in [4.78, 5) is 15.9. The van der Waals surface area contributed by atoms with Gasteiger partial charge in [0.1, 0.15) is 0 Å². The molecule has 0 aliphatic carbocycles. The molecule has 1 N–H and O–H groups in total. The molecule has 1 heterocycles. The van der Waals surface area contributed by atoms with E-state index in [1.54, 1.807) is 11.9 Å². The molecule has 23 heavy (non-hydrogen) atoms. The zero-order valence-electron chi connectivity index (χ0n) is 13.2. The van der Waals surface area contributed by atoms with Crippen LogP contribution in [0.3, 0.4) is 0 Å². The molecule has 4 nitrogen and oxygen atoms in total. The summed E-state index contributed by atoms with van der Waals surface area (Å²) in [5.74, 6) is -1.78. The summed E-state index contributed by atoms with van der Waals surface area (Å²) in [5.41, 5.74) is 0.588. The molecule has 1 aliphatic rings. The largest absolute Gasteiger partial charge is 0.338 e. The third-order valence-electron chi connectivity index (χ3n) is 3.97. The molecule has 1 aromatic rings. The highest BCUT2D eigenvalue weighted by molar-refractivity contribution is 5.85. The Morgan fingerprint density at radius 2 is 1.87 bits per heavy atom. The number of carbonyl (C=O) groups is 1. The molecule has 1 saturated heterocycles. The number of piperazine rings is 1. The van der Waals surface area contributed by atoms with E-state index in [2.05, 4.69) is 10.2 Å². The van der Waals surface area contributed by atoms with Crippen molar-refractivity contribution in [2.45, 2.75) is 13.0 Å². The minimum absolute atomic E-state index is 0. The lowest BCUT2D eigenvalue weighted by molar-refractivity contribution is -0.133. The van der Waals surface area contributed by atoms with Crippen molar-refractivity contribution >= 4 is 30.7 Å². The highest BCUT2D eigenvalue weighted by Gasteiger charge is 2.21. The van der Waals surface area contributed by atoms with Crippen LogP contribution in [0.4, 0.5) is 8.78 Å². The molecule has 1 aliphatic heterocycles. The summed E-state index contributed by atoms with van der Waals surface area (Å²) >= 11 is 0. The first-order valence-corrected chi connectivity index (χ1v) is 7.12. The van der Waals surface area contributed by atoms with Gasteiger partial charge >= 0.3 is 0 Å². The Hall–Kier alpha value is -0.950. The zero-order chi connectivity index (χ0) is 15.4. The number of likely N-dealkylation sites (N-methyl/N-ethyl adjacent to an activating group) is 1. The van der Waals surface area contributed by atoms with Crippen LogP contribution in [0.1, 0.15) is 18.5 Å². The first kappa shape index (κ1) is 22.1. The summed E-state index contributed by atoms with van der Waals surface area (Å²) < 4.78 is 26.2. The van der Waals surface area contributed by atoms with E-state index in [9.17, 15) is 13.6 Å². The number of nitrogens with zero attached hydrogens (tertiary/aromatic N) is 2. The maximum Gasteiger partial charge on any atom is 0.236 e. The van der Waals surface area contributed by atoms with Crippen molar-refractivity contribution in [2.24, 2.45) is 0 Å². The van der Waals surface area contributed by atoms with E-state index in [0.29, 0.717) is 12.1 Å². The Balaban J connectivity index is 0.00000242. The second-order valence-corrected chi connectivity index (χ2v) is 5.38. The van der Waals surface area contributed by atoms with Crippen molar-refractivity contribution in [2.75, 3.05) is 39.8 Å². The number of hydrogen-bond acceptors (Lipinski definition) is 3. The molecule has 8 heteroatoms. The molecule has 1 fully saturated rings. The molecule has 1 atom stereocenters. The highest BCUT2D eigenvalue weighted by Crippen LogP contribution is 2.21. The van der Waals surface area contributed by atoms with Gasteiger partial charge in [-0.1, -0.05) is 6.07 Å². The molecule has 0 aromatic heterocycles. The summed E-state index contributed by atoms with van der Waals surface area (Å²) in [7, 11) is 1.69. The average molecular weight is 370 g/mol. The third-order valence-corrected chi connectivity index (χ3v) is 3.97. The van der Waals surface area contributed by atoms with Gasteiger partial charge in [-0.25, -0.2) is 8.78 Å². The summed E-state index contributed by atoms with van der Waals surface area (Å²) in [6.45, 7) is 5.62. The van der Waals surface area contributed by atoms with Crippen LogP contribution in [0.5, 0.6) is 0 Å². The van der Waals surface area contributed by atoms with Crippen LogP contribution in [0, 0.1) is 11.6 Å². The van der Waals surface area contributed by atoms with Gasteiger partial charge in [0.05, 0.1) is 12.6 Å². The lowest BCUT2D eigenvalue weighted by atomic mass is 10.1. The van der Waals surface area contributed by atoms with Gasteiger partial charge in [-0.05, 0) is 24.6 Å². The summed E-state index contributed by atoms with van der Waals surface area (Å²) in [6.07, 6.45) is 0. The van der Waals surface area contributed by atoms with Crippen LogP contribution < -0.4 is 5.32 Å². The number of hydrogen-bond donors (Lipinski definition) is 1. The molecule has 0 radical (unpaired) electrons. The zero-order valence-corrected chi connectivity index (χ0v) is 14.9. The van der Waals surface area contributed by atoms with Crippen LogP contribution >= 0.6 is 24.8 Å². The Labute approximate surface area is 148 Å². The van der Waals surface area contributed by atoms with Gasteiger partial charge < -0.3 is 10.2 Å². The Morgan fingerprint density at radius 1 is 1.26 bits per heavy atom. The van der Waals surface area contributed by atoms with E-state index in [1.807, 2.05) is 6.92 Å². The summed E-state index contributed by atoms with van der Waals surface area (Å²) in [6, 6.07) is 3.46. The number of carbonyl (C=O) groups excluding carboxylic acids is 1.